The molecule has 1 atom stereocenters. The summed E-state index contributed by atoms with van der Waals surface area (Å²) in [4.78, 5) is 0. The van der Waals surface area contributed by atoms with Crippen molar-refractivity contribution >= 4 is 0 Å². The second kappa shape index (κ2) is 8.72. The monoisotopic (exact) mass is 297 g/mol. The standard InChI is InChI=1S/C20H27NO/c1-16(2)18-12-10-17(11-13-18)15-21-20(9-6-14-22)19-7-4-3-5-8-19/h3-5,7-8,10-13,16,20-22H,6,9,14-15H2,1-2H3. The van der Waals surface area contributed by atoms with Gasteiger partial charge in [0, 0.05) is 19.2 Å². The maximum Gasteiger partial charge on any atom is 0.0431 e. The molecule has 2 nitrogen and oxygen atoms in total. The zero-order valence-electron chi connectivity index (χ0n) is 13.6. The Balaban J connectivity index is 1.98. The Bertz CT molecular complexity index is 533. The molecule has 2 aromatic carbocycles. The van der Waals surface area contributed by atoms with E-state index >= 15 is 0 Å². The molecular weight excluding hydrogens is 270 g/mol. The van der Waals surface area contributed by atoms with Crippen molar-refractivity contribution in [3.8, 4) is 0 Å². The molecule has 1 unspecified atom stereocenters. The highest BCUT2D eigenvalue weighted by atomic mass is 16.2. The fourth-order valence-electron chi connectivity index (χ4n) is 2.63. The molecule has 0 aromatic heterocycles. The minimum atomic E-state index is 0.244. The Hall–Kier alpha value is -1.64. The van der Waals surface area contributed by atoms with Gasteiger partial charge in [0.05, 0.1) is 0 Å². The number of aliphatic hydroxyl groups is 1. The van der Waals surface area contributed by atoms with Gasteiger partial charge in [-0.25, -0.2) is 0 Å². The average molecular weight is 297 g/mol. The van der Waals surface area contributed by atoms with Crippen LogP contribution in [0.4, 0.5) is 0 Å². The lowest BCUT2D eigenvalue weighted by Crippen LogP contribution is -2.21. The molecule has 0 aliphatic carbocycles. The van der Waals surface area contributed by atoms with Crippen LogP contribution in [0.3, 0.4) is 0 Å². The second-order valence-corrected chi connectivity index (χ2v) is 6.11. The van der Waals surface area contributed by atoms with Crippen LogP contribution in [0.25, 0.3) is 0 Å². The van der Waals surface area contributed by atoms with Crippen LogP contribution < -0.4 is 5.32 Å². The van der Waals surface area contributed by atoms with Gasteiger partial charge < -0.3 is 10.4 Å². The summed E-state index contributed by atoms with van der Waals surface area (Å²) in [6, 6.07) is 19.6. The van der Waals surface area contributed by atoms with E-state index in [1.807, 2.05) is 6.07 Å². The summed E-state index contributed by atoms with van der Waals surface area (Å²) in [5.74, 6) is 0.573. The van der Waals surface area contributed by atoms with Gasteiger partial charge in [0.1, 0.15) is 0 Å². The molecule has 118 valence electrons. The molecule has 2 aromatic rings. The first-order chi connectivity index (χ1) is 10.7. The topological polar surface area (TPSA) is 32.3 Å². The third kappa shape index (κ3) is 4.97. The lowest BCUT2D eigenvalue weighted by Gasteiger charge is -2.19. The summed E-state index contributed by atoms with van der Waals surface area (Å²) in [6.45, 7) is 5.53. The number of hydrogen-bond acceptors (Lipinski definition) is 2. The van der Waals surface area contributed by atoms with Crippen molar-refractivity contribution < 1.29 is 5.11 Å². The van der Waals surface area contributed by atoms with Crippen LogP contribution >= 0.6 is 0 Å². The minimum absolute atomic E-state index is 0.244. The average Bonchev–Trinajstić information content (AvgIpc) is 2.56. The molecule has 0 aliphatic heterocycles. The van der Waals surface area contributed by atoms with Crippen molar-refractivity contribution in [3.63, 3.8) is 0 Å². The maximum atomic E-state index is 9.10. The predicted octanol–water partition coefficient (Wildman–Crippen LogP) is 4.41. The van der Waals surface area contributed by atoms with E-state index in [4.69, 9.17) is 5.11 Å². The summed E-state index contributed by atoms with van der Waals surface area (Å²) in [5, 5.41) is 12.7. The highest BCUT2D eigenvalue weighted by Crippen LogP contribution is 2.20. The molecule has 0 aliphatic rings. The summed E-state index contributed by atoms with van der Waals surface area (Å²) in [7, 11) is 0. The van der Waals surface area contributed by atoms with Gasteiger partial charge in [0.25, 0.3) is 0 Å². The van der Waals surface area contributed by atoms with Crippen LogP contribution in [0.2, 0.25) is 0 Å². The van der Waals surface area contributed by atoms with Gasteiger partial charge in [0.15, 0.2) is 0 Å². The first kappa shape index (κ1) is 16.7. The highest BCUT2D eigenvalue weighted by Gasteiger charge is 2.10. The number of nitrogens with one attached hydrogen (secondary N) is 1. The Morgan fingerprint density at radius 1 is 0.909 bits per heavy atom. The van der Waals surface area contributed by atoms with E-state index in [0.29, 0.717) is 5.92 Å². The molecule has 0 heterocycles. The first-order valence-electron chi connectivity index (χ1n) is 8.18. The predicted molar refractivity (Wildman–Crippen MR) is 92.9 cm³/mol. The van der Waals surface area contributed by atoms with Crippen molar-refractivity contribution in [2.75, 3.05) is 6.61 Å². The maximum absolute atomic E-state index is 9.10. The molecular formula is C20H27NO. The first-order valence-corrected chi connectivity index (χ1v) is 8.18. The molecule has 0 spiro atoms. The van der Waals surface area contributed by atoms with Gasteiger partial charge in [-0.05, 0) is 35.4 Å². The smallest absolute Gasteiger partial charge is 0.0431 e. The molecule has 2 N–H and O–H groups in total. The van der Waals surface area contributed by atoms with E-state index < -0.39 is 0 Å². The molecule has 0 fully saturated rings. The third-order valence-corrected chi connectivity index (χ3v) is 4.05. The van der Waals surface area contributed by atoms with Gasteiger partial charge in [-0.2, -0.15) is 0 Å². The van der Waals surface area contributed by atoms with Crippen molar-refractivity contribution in [2.24, 2.45) is 0 Å². The third-order valence-electron chi connectivity index (χ3n) is 4.05. The Morgan fingerprint density at radius 3 is 2.18 bits per heavy atom. The fraction of sp³-hybridized carbons (Fsp3) is 0.400. The van der Waals surface area contributed by atoms with Gasteiger partial charge in [-0.15, -0.1) is 0 Å². The molecule has 0 radical (unpaired) electrons. The van der Waals surface area contributed by atoms with E-state index in [2.05, 4.69) is 67.7 Å². The number of hydrogen-bond donors (Lipinski definition) is 2. The van der Waals surface area contributed by atoms with Gasteiger partial charge in [-0.1, -0.05) is 68.4 Å². The molecule has 2 heteroatoms. The number of aliphatic hydroxyl groups excluding tert-OH is 1. The van der Waals surface area contributed by atoms with Crippen LogP contribution in [0.5, 0.6) is 0 Å². The van der Waals surface area contributed by atoms with Crippen molar-refractivity contribution in [1.29, 1.82) is 0 Å². The summed E-state index contributed by atoms with van der Waals surface area (Å²) >= 11 is 0. The largest absolute Gasteiger partial charge is 0.396 e. The van der Waals surface area contributed by atoms with Crippen LogP contribution in [-0.2, 0) is 6.54 Å². The van der Waals surface area contributed by atoms with E-state index in [-0.39, 0.29) is 12.6 Å². The Kier molecular flexibility index (Phi) is 6.63. The van der Waals surface area contributed by atoms with Gasteiger partial charge >= 0.3 is 0 Å². The zero-order chi connectivity index (χ0) is 15.8. The summed E-state index contributed by atoms with van der Waals surface area (Å²) in [6.07, 6.45) is 1.77. The van der Waals surface area contributed by atoms with E-state index in [1.54, 1.807) is 0 Å². The fourth-order valence-corrected chi connectivity index (χ4v) is 2.63. The normalized spacial score (nSPS) is 12.5. The molecule has 0 amide bonds. The number of benzene rings is 2. The van der Waals surface area contributed by atoms with E-state index in [0.717, 1.165) is 19.4 Å². The van der Waals surface area contributed by atoms with Crippen LogP contribution in [0.1, 0.15) is 55.3 Å². The Morgan fingerprint density at radius 2 is 1.59 bits per heavy atom. The molecule has 0 saturated carbocycles. The van der Waals surface area contributed by atoms with Crippen LogP contribution in [-0.4, -0.2) is 11.7 Å². The number of rotatable bonds is 8. The lowest BCUT2D eigenvalue weighted by atomic mass is 10.0. The quantitative estimate of drug-likeness (QED) is 0.756. The SMILES string of the molecule is CC(C)c1ccc(CNC(CCCO)c2ccccc2)cc1. The van der Waals surface area contributed by atoms with Gasteiger partial charge in [0.2, 0.25) is 0 Å². The molecule has 22 heavy (non-hydrogen) atoms. The summed E-state index contributed by atoms with van der Waals surface area (Å²) in [5.41, 5.74) is 3.97. The molecule has 2 rings (SSSR count). The second-order valence-electron chi connectivity index (χ2n) is 6.11. The van der Waals surface area contributed by atoms with Crippen molar-refractivity contribution in [3.05, 3.63) is 71.3 Å². The van der Waals surface area contributed by atoms with Crippen molar-refractivity contribution in [2.45, 2.75) is 45.2 Å². The van der Waals surface area contributed by atoms with E-state index in [1.165, 1.54) is 16.7 Å². The van der Waals surface area contributed by atoms with E-state index in [9.17, 15) is 0 Å². The van der Waals surface area contributed by atoms with Gasteiger partial charge in [-0.3, -0.25) is 0 Å². The minimum Gasteiger partial charge on any atom is -0.396 e. The van der Waals surface area contributed by atoms with Crippen LogP contribution in [0, 0.1) is 0 Å². The van der Waals surface area contributed by atoms with Crippen LogP contribution in [0.15, 0.2) is 54.6 Å². The molecule has 0 bridgehead atoms. The Labute approximate surface area is 134 Å². The van der Waals surface area contributed by atoms with Crippen molar-refractivity contribution in [1.82, 2.24) is 5.32 Å². The highest BCUT2D eigenvalue weighted by molar-refractivity contribution is 5.25. The zero-order valence-corrected chi connectivity index (χ0v) is 13.6. The summed E-state index contributed by atoms with van der Waals surface area (Å²) < 4.78 is 0. The molecule has 0 saturated heterocycles. The lowest BCUT2D eigenvalue weighted by molar-refractivity contribution is 0.275.